The average Bonchev–Trinajstić information content (AvgIpc) is 3.27. The number of unbranched alkanes of at least 4 members (excludes halogenated alkanes) is 1. The number of halogens is 2. The highest BCUT2D eigenvalue weighted by Crippen LogP contribution is 2.59. The number of nitrogens with one attached hydrogen (secondary N) is 1. The second kappa shape index (κ2) is 9.52. The van der Waals surface area contributed by atoms with Crippen molar-refractivity contribution in [3.63, 3.8) is 0 Å². The fourth-order valence-corrected chi connectivity index (χ4v) is 4.80. The predicted octanol–water partition coefficient (Wildman–Crippen LogP) is 5.42. The molecule has 1 heterocycles. The van der Waals surface area contributed by atoms with Gasteiger partial charge in [0.2, 0.25) is 5.91 Å². The molecule has 1 N–H and O–H groups in total. The smallest absolute Gasteiger partial charge is 0.243 e. The third-order valence-electron chi connectivity index (χ3n) is 5.77. The summed E-state index contributed by atoms with van der Waals surface area (Å²) in [5.74, 6) is -0.780. The van der Waals surface area contributed by atoms with Crippen molar-refractivity contribution in [1.29, 1.82) is 0 Å². The number of benzene rings is 2. The molecule has 160 valence electrons. The summed E-state index contributed by atoms with van der Waals surface area (Å²) < 4.78 is 27.8. The van der Waals surface area contributed by atoms with E-state index in [-0.39, 0.29) is 23.5 Å². The van der Waals surface area contributed by atoms with Gasteiger partial charge in [0.1, 0.15) is 11.6 Å². The van der Waals surface area contributed by atoms with Crippen LogP contribution in [0.1, 0.15) is 35.4 Å². The molecule has 1 aromatic heterocycles. The van der Waals surface area contributed by atoms with E-state index in [9.17, 15) is 13.6 Å². The Bertz CT molecular complexity index is 1020. The van der Waals surface area contributed by atoms with Gasteiger partial charge in [-0.05, 0) is 73.1 Å². The molecule has 0 saturated heterocycles. The van der Waals surface area contributed by atoms with E-state index in [0.717, 1.165) is 35.4 Å². The van der Waals surface area contributed by atoms with E-state index in [1.807, 2.05) is 23.6 Å². The molecule has 1 atom stereocenters. The van der Waals surface area contributed by atoms with Crippen molar-refractivity contribution in [3.8, 4) is 0 Å². The summed E-state index contributed by atoms with van der Waals surface area (Å²) in [6, 6.07) is 12.9. The first-order chi connectivity index (χ1) is 15.1. The molecular weight excluding hydrogens is 414 g/mol. The number of nitrogens with zero attached hydrogens (tertiary/aromatic N) is 1. The van der Waals surface area contributed by atoms with Gasteiger partial charge >= 0.3 is 0 Å². The third kappa shape index (κ3) is 5.07. The molecule has 2 aromatic carbocycles. The van der Waals surface area contributed by atoms with Crippen LogP contribution in [0, 0.1) is 17.6 Å². The lowest BCUT2D eigenvalue weighted by atomic mass is 9.85. The molecule has 31 heavy (non-hydrogen) atoms. The predicted molar refractivity (Wildman–Crippen MR) is 119 cm³/mol. The molecule has 0 aliphatic heterocycles. The second-order valence-electron chi connectivity index (χ2n) is 7.84. The number of hydrogen-bond acceptors (Lipinski definition) is 3. The zero-order valence-electron chi connectivity index (χ0n) is 17.1. The van der Waals surface area contributed by atoms with Crippen LogP contribution in [-0.4, -0.2) is 17.4 Å². The van der Waals surface area contributed by atoms with Crippen LogP contribution in [-0.2, 0) is 16.6 Å². The van der Waals surface area contributed by atoms with E-state index in [1.54, 1.807) is 35.7 Å². The maximum atomic E-state index is 13.9. The van der Waals surface area contributed by atoms with E-state index in [2.05, 4.69) is 10.3 Å². The topological polar surface area (TPSA) is 42.0 Å². The second-order valence-corrected chi connectivity index (χ2v) is 8.81. The minimum atomic E-state index is -0.505. The molecule has 1 aliphatic carbocycles. The van der Waals surface area contributed by atoms with Gasteiger partial charge in [0.25, 0.3) is 0 Å². The Morgan fingerprint density at radius 3 is 2.45 bits per heavy atom. The van der Waals surface area contributed by atoms with Gasteiger partial charge in [-0.1, -0.05) is 30.3 Å². The summed E-state index contributed by atoms with van der Waals surface area (Å²) in [4.78, 5) is 16.5. The van der Waals surface area contributed by atoms with Gasteiger partial charge in [0, 0.05) is 23.5 Å². The zero-order chi connectivity index (χ0) is 21.7. The Kier molecular flexibility index (Phi) is 6.56. The van der Waals surface area contributed by atoms with Crippen LogP contribution in [0.5, 0.6) is 0 Å². The Hall–Kier alpha value is -2.86. The van der Waals surface area contributed by atoms with Crippen LogP contribution in [0.25, 0.3) is 0 Å². The first kappa shape index (κ1) is 21.4. The standard InChI is InChI=1S/C25H24F2N2OS/c26-21-7-3-5-18(15-21)25(19-6-4-8-22(27)16-19)17-20(25)10-11-23(30)28-12-2-1-9-24-29-13-14-31-24/h3-8,10-11,13-16,20H,1-2,9,12,17H2,(H,28,30)/t20-/m1/s1. The number of aromatic nitrogens is 1. The molecule has 3 nitrogen and oxygen atoms in total. The minimum Gasteiger partial charge on any atom is -0.353 e. The molecule has 4 rings (SSSR count). The number of aryl methyl sites for hydroxylation is 1. The van der Waals surface area contributed by atoms with Crippen molar-refractivity contribution in [2.24, 2.45) is 5.92 Å². The van der Waals surface area contributed by atoms with Gasteiger partial charge < -0.3 is 5.32 Å². The number of carbonyl (C=O) groups excluding carboxylic acids is 1. The molecule has 3 aromatic rings. The lowest BCUT2D eigenvalue weighted by Crippen LogP contribution is -2.22. The highest BCUT2D eigenvalue weighted by atomic mass is 32.1. The minimum absolute atomic E-state index is 0.00625. The number of thiazole rings is 1. The molecule has 0 spiro atoms. The highest BCUT2D eigenvalue weighted by molar-refractivity contribution is 7.09. The normalized spacial score (nSPS) is 17.0. The molecule has 1 saturated carbocycles. The van der Waals surface area contributed by atoms with Gasteiger partial charge in [-0.2, -0.15) is 0 Å². The quantitative estimate of drug-likeness (QED) is 0.358. The van der Waals surface area contributed by atoms with Crippen LogP contribution >= 0.6 is 11.3 Å². The lowest BCUT2D eigenvalue weighted by Gasteiger charge is -2.18. The molecule has 6 heteroatoms. The number of allylic oxidation sites excluding steroid dienone is 1. The van der Waals surface area contributed by atoms with E-state index in [4.69, 9.17) is 0 Å². The van der Waals surface area contributed by atoms with Crippen LogP contribution in [0.3, 0.4) is 0 Å². The zero-order valence-corrected chi connectivity index (χ0v) is 17.9. The lowest BCUT2D eigenvalue weighted by molar-refractivity contribution is -0.116. The van der Waals surface area contributed by atoms with Gasteiger partial charge in [-0.3, -0.25) is 4.79 Å². The van der Waals surface area contributed by atoms with E-state index >= 15 is 0 Å². The van der Waals surface area contributed by atoms with Crippen molar-refractivity contribution < 1.29 is 13.6 Å². The maximum absolute atomic E-state index is 13.9. The first-order valence-corrected chi connectivity index (χ1v) is 11.3. The number of hydrogen-bond donors (Lipinski definition) is 1. The largest absolute Gasteiger partial charge is 0.353 e. The number of carbonyl (C=O) groups is 1. The summed E-state index contributed by atoms with van der Waals surface area (Å²) in [5.41, 5.74) is 1.10. The first-order valence-electron chi connectivity index (χ1n) is 10.4. The van der Waals surface area contributed by atoms with Crippen molar-refractivity contribution in [2.45, 2.75) is 31.1 Å². The van der Waals surface area contributed by atoms with E-state index in [1.165, 1.54) is 24.3 Å². The highest BCUT2D eigenvalue weighted by Gasteiger charge is 2.55. The summed E-state index contributed by atoms with van der Waals surface area (Å²) in [5, 5.41) is 5.99. The molecule has 1 amide bonds. The van der Waals surface area contributed by atoms with Crippen molar-refractivity contribution >= 4 is 17.2 Å². The summed E-state index contributed by atoms with van der Waals surface area (Å²) >= 11 is 1.65. The summed E-state index contributed by atoms with van der Waals surface area (Å²) in [6.07, 6.45) is 8.71. The van der Waals surface area contributed by atoms with Crippen molar-refractivity contribution in [3.05, 3.63) is 100 Å². The fraction of sp³-hybridized carbons (Fsp3) is 0.280. The van der Waals surface area contributed by atoms with Crippen molar-refractivity contribution in [2.75, 3.05) is 6.54 Å². The average molecular weight is 439 g/mol. The number of amides is 1. The van der Waals surface area contributed by atoms with Crippen LogP contribution in [0.15, 0.2) is 72.3 Å². The Labute approximate surface area is 184 Å². The monoisotopic (exact) mass is 438 g/mol. The maximum Gasteiger partial charge on any atom is 0.243 e. The van der Waals surface area contributed by atoms with Gasteiger partial charge in [0.15, 0.2) is 0 Å². The van der Waals surface area contributed by atoms with Gasteiger partial charge in [0.05, 0.1) is 5.01 Å². The molecule has 1 aliphatic rings. The Morgan fingerprint density at radius 2 is 1.84 bits per heavy atom. The van der Waals surface area contributed by atoms with E-state index < -0.39 is 5.41 Å². The number of rotatable bonds is 9. The van der Waals surface area contributed by atoms with Gasteiger partial charge in [-0.15, -0.1) is 11.3 Å². The van der Waals surface area contributed by atoms with Gasteiger partial charge in [-0.25, -0.2) is 13.8 Å². The van der Waals surface area contributed by atoms with Crippen LogP contribution in [0.4, 0.5) is 8.78 Å². The molecule has 0 bridgehead atoms. The van der Waals surface area contributed by atoms with Crippen molar-refractivity contribution in [1.82, 2.24) is 10.3 Å². The SMILES string of the molecule is O=C(C=C[C@@H]1CC1(c1cccc(F)c1)c1cccc(F)c1)NCCCCc1nccs1. The molecule has 0 unspecified atom stereocenters. The van der Waals surface area contributed by atoms with Crippen LogP contribution < -0.4 is 5.32 Å². The fourth-order valence-electron chi connectivity index (χ4n) is 4.13. The summed E-state index contributed by atoms with van der Waals surface area (Å²) in [6.45, 7) is 0.609. The summed E-state index contributed by atoms with van der Waals surface area (Å²) in [7, 11) is 0. The van der Waals surface area contributed by atoms with E-state index in [0.29, 0.717) is 13.0 Å². The molecular formula is C25H24F2N2OS. The third-order valence-corrected chi connectivity index (χ3v) is 6.61. The Balaban J connectivity index is 1.37. The Morgan fingerprint density at radius 1 is 1.13 bits per heavy atom. The molecule has 1 fully saturated rings. The van der Waals surface area contributed by atoms with Crippen LogP contribution in [0.2, 0.25) is 0 Å². The molecule has 0 radical (unpaired) electrons.